The Bertz CT molecular complexity index is 779. The zero-order valence-electron chi connectivity index (χ0n) is 13.9. The first-order chi connectivity index (χ1) is 12.1. The molecule has 1 saturated heterocycles. The van der Waals surface area contributed by atoms with Crippen LogP contribution < -0.4 is 10.2 Å². The summed E-state index contributed by atoms with van der Waals surface area (Å²) in [4.78, 5) is 25.6. The number of rotatable bonds is 5. The number of halogens is 1. The molecular formula is C19H19FN2O2S. The highest BCUT2D eigenvalue weighted by Crippen LogP contribution is 2.42. The van der Waals surface area contributed by atoms with Crippen molar-refractivity contribution in [3.05, 3.63) is 59.9 Å². The summed E-state index contributed by atoms with van der Waals surface area (Å²) in [6.45, 7) is 1.96. The van der Waals surface area contributed by atoms with Crippen LogP contribution in [0, 0.1) is 5.82 Å². The van der Waals surface area contributed by atoms with E-state index in [2.05, 4.69) is 5.32 Å². The van der Waals surface area contributed by atoms with Crippen LogP contribution in [0.2, 0.25) is 0 Å². The molecule has 2 aromatic carbocycles. The van der Waals surface area contributed by atoms with Gasteiger partial charge in [0.05, 0.1) is 5.75 Å². The van der Waals surface area contributed by atoms with Gasteiger partial charge in [-0.2, -0.15) is 0 Å². The molecule has 0 unspecified atom stereocenters. The molecule has 1 N–H and O–H groups in total. The third-order valence-electron chi connectivity index (χ3n) is 3.91. The lowest BCUT2D eigenvalue weighted by Crippen LogP contribution is -2.27. The minimum atomic E-state index is -0.366. The normalized spacial score (nSPS) is 17.0. The molecule has 2 amide bonds. The summed E-state index contributed by atoms with van der Waals surface area (Å²) in [5.41, 5.74) is 2.22. The van der Waals surface area contributed by atoms with E-state index in [4.69, 9.17) is 0 Å². The van der Waals surface area contributed by atoms with Crippen LogP contribution in [-0.2, 0) is 9.59 Å². The Balaban J connectivity index is 1.80. The average Bonchev–Trinajstić information content (AvgIpc) is 2.97. The van der Waals surface area contributed by atoms with Crippen molar-refractivity contribution in [2.45, 2.75) is 25.1 Å². The van der Waals surface area contributed by atoms with Crippen molar-refractivity contribution in [1.82, 2.24) is 0 Å². The maximum Gasteiger partial charge on any atom is 0.238 e. The number of hydrogen-bond acceptors (Lipinski definition) is 3. The Kier molecular flexibility index (Phi) is 5.38. The van der Waals surface area contributed by atoms with Crippen LogP contribution in [0.3, 0.4) is 0 Å². The smallest absolute Gasteiger partial charge is 0.238 e. The molecule has 0 bridgehead atoms. The lowest BCUT2D eigenvalue weighted by Gasteiger charge is -2.24. The standard InChI is InChI=1S/C19H19FN2O2S/c1-2-4-17(23)21-15-9-7-13(8-10-15)19-22(18(24)12-25-19)16-6-3-5-14(20)11-16/h3,5-11,19H,2,4,12H2,1H3,(H,21,23)/t19-/m0/s1. The monoisotopic (exact) mass is 358 g/mol. The molecule has 1 aliphatic heterocycles. The molecule has 1 fully saturated rings. The lowest BCUT2D eigenvalue weighted by molar-refractivity contribution is -0.116. The molecule has 0 radical (unpaired) electrons. The van der Waals surface area contributed by atoms with E-state index in [0.717, 1.165) is 17.7 Å². The second-order valence-corrected chi connectivity index (χ2v) is 6.90. The van der Waals surface area contributed by atoms with Crippen molar-refractivity contribution >= 4 is 35.0 Å². The number of carbonyl (C=O) groups excluding carboxylic acids is 2. The quantitative estimate of drug-likeness (QED) is 0.865. The molecule has 130 valence electrons. The van der Waals surface area contributed by atoms with Gasteiger partial charge in [0.15, 0.2) is 0 Å². The van der Waals surface area contributed by atoms with Crippen LogP contribution in [0.15, 0.2) is 48.5 Å². The molecule has 1 heterocycles. The fourth-order valence-electron chi connectivity index (χ4n) is 2.76. The SMILES string of the molecule is CCCC(=O)Nc1ccc([C@@H]2SCC(=O)N2c2cccc(F)c2)cc1. The molecule has 0 aliphatic carbocycles. The highest BCUT2D eigenvalue weighted by molar-refractivity contribution is 8.00. The summed E-state index contributed by atoms with van der Waals surface area (Å²) in [5, 5.41) is 2.64. The van der Waals surface area contributed by atoms with Crippen molar-refractivity contribution in [2.75, 3.05) is 16.0 Å². The summed E-state index contributed by atoms with van der Waals surface area (Å²) in [5.74, 6) is -0.0613. The summed E-state index contributed by atoms with van der Waals surface area (Å²) in [7, 11) is 0. The number of carbonyl (C=O) groups is 2. The Morgan fingerprint density at radius 2 is 2.04 bits per heavy atom. The molecular weight excluding hydrogens is 339 g/mol. The highest BCUT2D eigenvalue weighted by atomic mass is 32.2. The zero-order valence-corrected chi connectivity index (χ0v) is 14.7. The van der Waals surface area contributed by atoms with Gasteiger partial charge in [-0.1, -0.05) is 25.1 Å². The van der Waals surface area contributed by atoms with Gasteiger partial charge in [-0.15, -0.1) is 11.8 Å². The van der Waals surface area contributed by atoms with Gasteiger partial charge in [0.25, 0.3) is 0 Å². The van der Waals surface area contributed by atoms with Crippen LogP contribution in [0.4, 0.5) is 15.8 Å². The van der Waals surface area contributed by atoms with Gasteiger partial charge < -0.3 is 5.32 Å². The van der Waals surface area contributed by atoms with E-state index in [1.54, 1.807) is 17.0 Å². The number of hydrogen-bond donors (Lipinski definition) is 1. The van der Waals surface area contributed by atoms with Crippen LogP contribution in [0.5, 0.6) is 0 Å². The third kappa shape index (κ3) is 4.02. The molecule has 4 nitrogen and oxygen atoms in total. The van der Waals surface area contributed by atoms with Crippen LogP contribution in [0.1, 0.15) is 30.7 Å². The van der Waals surface area contributed by atoms with Crippen molar-refractivity contribution in [3.63, 3.8) is 0 Å². The van der Waals surface area contributed by atoms with Gasteiger partial charge in [0.1, 0.15) is 11.2 Å². The van der Waals surface area contributed by atoms with Gasteiger partial charge in [-0.05, 0) is 42.3 Å². The Labute approximate surface area is 150 Å². The minimum Gasteiger partial charge on any atom is -0.326 e. The predicted octanol–water partition coefficient (Wildman–Crippen LogP) is 4.34. The fraction of sp³-hybridized carbons (Fsp3) is 0.263. The van der Waals surface area contributed by atoms with Gasteiger partial charge in [-0.3, -0.25) is 14.5 Å². The fourth-order valence-corrected chi connectivity index (χ4v) is 3.93. The van der Waals surface area contributed by atoms with E-state index in [1.165, 1.54) is 23.9 Å². The number of anilines is 2. The van der Waals surface area contributed by atoms with E-state index < -0.39 is 0 Å². The summed E-state index contributed by atoms with van der Waals surface area (Å²) < 4.78 is 13.5. The Hall–Kier alpha value is -2.34. The molecule has 3 rings (SSSR count). The maximum atomic E-state index is 13.5. The topological polar surface area (TPSA) is 49.4 Å². The Morgan fingerprint density at radius 1 is 1.28 bits per heavy atom. The summed E-state index contributed by atoms with van der Waals surface area (Å²) in [6.07, 6.45) is 1.29. The number of amides is 2. The second-order valence-electron chi connectivity index (χ2n) is 5.83. The van der Waals surface area contributed by atoms with Crippen LogP contribution in [-0.4, -0.2) is 17.6 Å². The van der Waals surface area contributed by atoms with Crippen molar-refractivity contribution in [2.24, 2.45) is 0 Å². The minimum absolute atomic E-state index is 0.0120. The number of thioether (sulfide) groups is 1. The van der Waals surface area contributed by atoms with Crippen LogP contribution >= 0.6 is 11.8 Å². The third-order valence-corrected chi connectivity index (χ3v) is 5.12. The van der Waals surface area contributed by atoms with Gasteiger partial charge in [0, 0.05) is 17.8 Å². The van der Waals surface area contributed by atoms with Crippen molar-refractivity contribution < 1.29 is 14.0 Å². The van der Waals surface area contributed by atoms with E-state index in [9.17, 15) is 14.0 Å². The molecule has 2 aromatic rings. The predicted molar refractivity (Wildman–Crippen MR) is 99.1 cm³/mol. The first kappa shape index (κ1) is 17.5. The van der Waals surface area contributed by atoms with E-state index in [-0.39, 0.29) is 23.0 Å². The Morgan fingerprint density at radius 3 is 2.72 bits per heavy atom. The lowest BCUT2D eigenvalue weighted by atomic mass is 10.1. The number of benzene rings is 2. The molecule has 0 aromatic heterocycles. The number of nitrogens with zero attached hydrogens (tertiary/aromatic N) is 1. The molecule has 25 heavy (non-hydrogen) atoms. The number of nitrogens with one attached hydrogen (secondary N) is 1. The van der Waals surface area contributed by atoms with Gasteiger partial charge in [0.2, 0.25) is 11.8 Å². The molecule has 0 spiro atoms. The van der Waals surface area contributed by atoms with Crippen molar-refractivity contribution in [1.29, 1.82) is 0 Å². The second kappa shape index (κ2) is 7.70. The zero-order chi connectivity index (χ0) is 17.8. The molecule has 0 saturated carbocycles. The summed E-state index contributed by atoms with van der Waals surface area (Å²) in [6, 6.07) is 13.5. The largest absolute Gasteiger partial charge is 0.326 e. The van der Waals surface area contributed by atoms with E-state index in [0.29, 0.717) is 17.9 Å². The van der Waals surface area contributed by atoms with E-state index >= 15 is 0 Å². The molecule has 1 atom stereocenters. The van der Waals surface area contributed by atoms with Crippen LogP contribution in [0.25, 0.3) is 0 Å². The average molecular weight is 358 g/mol. The highest BCUT2D eigenvalue weighted by Gasteiger charge is 2.34. The van der Waals surface area contributed by atoms with E-state index in [1.807, 2.05) is 31.2 Å². The van der Waals surface area contributed by atoms with Crippen molar-refractivity contribution in [3.8, 4) is 0 Å². The summed E-state index contributed by atoms with van der Waals surface area (Å²) >= 11 is 1.51. The van der Waals surface area contributed by atoms with Gasteiger partial charge >= 0.3 is 0 Å². The maximum absolute atomic E-state index is 13.5. The van der Waals surface area contributed by atoms with Gasteiger partial charge in [-0.25, -0.2) is 4.39 Å². The first-order valence-corrected chi connectivity index (χ1v) is 9.22. The molecule has 1 aliphatic rings. The first-order valence-electron chi connectivity index (χ1n) is 8.17. The molecule has 6 heteroatoms.